The maximum Gasteiger partial charge on any atom is 0.246 e. The maximum atomic E-state index is 12.2. The summed E-state index contributed by atoms with van der Waals surface area (Å²) in [7, 11) is 1.58. The van der Waals surface area contributed by atoms with Crippen LogP contribution in [0.3, 0.4) is 0 Å². The van der Waals surface area contributed by atoms with E-state index in [0.29, 0.717) is 5.56 Å². The average Bonchev–Trinajstić information content (AvgIpc) is 2.63. The Morgan fingerprint density at radius 3 is 2.31 bits per heavy atom. The second-order valence-corrected chi connectivity index (χ2v) is 6.08. The standard InChI is InChI=1S/C21H21N3O2/c1-15-5-4-6-16(2)21(15)23-19(25)14-24(3)20(26)12-11-17-7-9-18(13-22)10-8-17/h4-12H,14H2,1-3H3,(H,23,25)/b12-11+. The van der Waals surface area contributed by atoms with Crippen LogP contribution in [0.1, 0.15) is 22.3 Å². The number of para-hydroxylation sites is 1. The predicted octanol–water partition coefficient (Wildman–Crippen LogP) is 3.29. The molecule has 0 saturated heterocycles. The van der Waals surface area contributed by atoms with Gasteiger partial charge in [0, 0.05) is 18.8 Å². The van der Waals surface area contributed by atoms with Gasteiger partial charge in [0.25, 0.3) is 0 Å². The largest absolute Gasteiger partial charge is 0.333 e. The molecule has 0 aliphatic rings. The summed E-state index contributed by atoms with van der Waals surface area (Å²) in [5.74, 6) is -0.518. The average molecular weight is 347 g/mol. The second-order valence-electron chi connectivity index (χ2n) is 6.08. The molecule has 1 N–H and O–H groups in total. The third-order valence-corrected chi connectivity index (χ3v) is 3.96. The number of aryl methyl sites for hydroxylation is 2. The van der Waals surface area contributed by atoms with Crippen molar-refractivity contribution in [3.8, 4) is 6.07 Å². The lowest BCUT2D eigenvalue weighted by Crippen LogP contribution is -2.34. The van der Waals surface area contributed by atoms with Crippen molar-refractivity contribution in [1.82, 2.24) is 4.90 Å². The van der Waals surface area contributed by atoms with Crippen molar-refractivity contribution in [2.24, 2.45) is 0 Å². The number of carbonyl (C=O) groups excluding carboxylic acids is 2. The van der Waals surface area contributed by atoms with Crippen molar-refractivity contribution in [2.45, 2.75) is 13.8 Å². The van der Waals surface area contributed by atoms with E-state index >= 15 is 0 Å². The lowest BCUT2D eigenvalue weighted by Gasteiger charge is -2.16. The minimum absolute atomic E-state index is 0.0374. The summed E-state index contributed by atoms with van der Waals surface area (Å²) in [6, 6.07) is 14.7. The molecule has 0 heterocycles. The quantitative estimate of drug-likeness (QED) is 0.844. The fourth-order valence-corrected chi connectivity index (χ4v) is 2.45. The highest BCUT2D eigenvalue weighted by Crippen LogP contribution is 2.19. The molecule has 5 heteroatoms. The van der Waals surface area contributed by atoms with E-state index in [-0.39, 0.29) is 18.4 Å². The van der Waals surface area contributed by atoms with Crippen LogP contribution in [-0.4, -0.2) is 30.3 Å². The van der Waals surface area contributed by atoms with E-state index in [4.69, 9.17) is 5.26 Å². The Labute approximate surface area is 153 Å². The normalized spacial score (nSPS) is 10.4. The molecule has 0 atom stereocenters. The lowest BCUT2D eigenvalue weighted by atomic mass is 10.1. The van der Waals surface area contributed by atoms with Crippen molar-refractivity contribution in [3.63, 3.8) is 0 Å². The fraction of sp³-hybridized carbons (Fsp3) is 0.190. The number of hydrogen-bond acceptors (Lipinski definition) is 3. The lowest BCUT2D eigenvalue weighted by molar-refractivity contribution is -0.129. The summed E-state index contributed by atoms with van der Waals surface area (Å²) in [6.45, 7) is 3.82. The first-order chi connectivity index (χ1) is 12.4. The van der Waals surface area contributed by atoms with Gasteiger partial charge in [-0.05, 0) is 48.7 Å². The first-order valence-electron chi connectivity index (χ1n) is 8.20. The van der Waals surface area contributed by atoms with Crippen molar-refractivity contribution < 1.29 is 9.59 Å². The highest BCUT2D eigenvalue weighted by Gasteiger charge is 2.12. The van der Waals surface area contributed by atoms with E-state index in [1.807, 2.05) is 38.1 Å². The molecular formula is C21H21N3O2. The van der Waals surface area contributed by atoms with Crippen molar-refractivity contribution in [3.05, 3.63) is 70.8 Å². The number of hydrogen-bond donors (Lipinski definition) is 1. The van der Waals surface area contributed by atoms with Gasteiger partial charge in [-0.3, -0.25) is 9.59 Å². The second kappa shape index (κ2) is 8.63. The van der Waals surface area contributed by atoms with Gasteiger partial charge in [-0.25, -0.2) is 0 Å². The van der Waals surface area contributed by atoms with E-state index in [1.165, 1.54) is 11.0 Å². The third-order valence-electron chi connectivity index (χ3n) is 3.96. The van der Waals surface area contributed by atoms with E-state index in [0.717, 1.165) is 22.4 Å². The van der Waals surface area contributed by atoms with E-state index < -0.39 is 0 Å². The number of anilines is 1. The maximum absolute atomic E-state index is 12.2. The Bertz CT molecular complexity index is 857. The molecule has 0 spiro atoms. The monoisotopic (exact) mass is 347 g/mol. The number of nitriles is 1. The van der Waals surface area contributed by atoms with Gasteiger partial charge in [-0.2, -0.15) is 5.26 Å². The molecule has 0 fully saturated rings. The number of likely N-dealkylation sites (N-methyl/N-ethyl adjacent to an activating group) is 1. The summed E-state index contributed by atoms with van der Waals surface area (Å²) in [5.41, 5.74) is 4.12. The smallest absolute Gasteiger partial charge is 0.246 e. The summed E-state index contributed by atoms with van der Waals surface area (Å²) >= 11 is 0. The van der Waals surface area contributed by atoms with Gasteiger partial charge in [0.2, 0.25) is 11.8 Å². The van der Waals surface area contributed by atoms with Crippen LogP contribution in [0, 0.1) is 25.2 Å². The Morgan fingerprint density at radius 2 is 1.73 bits per heavy atom. The number of benzene rings is 2. The molecule has 2 aromatic carbocycles. The van der Waals surface area contributed by atoms with Gasteiger partial charge < -0.3 is 10.2 Å². The molecule has 0 aliphatic carbocycles. The fourth-order valence-electron chi connectivity index (χ4n) is 2.45. The molecule has 5 nitrogen and oxygen atoms in total. The molecule has 2 rings (SSSR count). The van der Waals surface area contributed by atoms with Crippen LogP contribution >= 0.6 is 0 Å². The Balaban J connectivity index is 1.94. The molecule has 0 aromatic heterocycles. The number of nitrogens with zero attached hydrogens (tertiary/aromatic N) is 2. The van der Waals surface area contributed by atoms with E-state index in [2.05, 4.69) is 5.32 Å². The van der Waals surface area contributed by atoms with Gasteiger partial charge in [0.05, 0.1) is 18.2 Å². The van der Waals surface area contributed by atoms with Crippen LogP contribution < -0.4 is 5.32 Å². The van der Waals surface area contributed by atoms with Crippen LogP contribution in [0.5, 0.6) is 0 Å². The molecule has 26 heavy (non-hydrogen) atoms. The molecule has 132 valence electrons. The summed E-state index contributed by atoms with van der Waals surface area (Å²) in [6.07, 6.45) is 3.07. The van der Waals surface area contributed by atoms with Gasteiger partial charge in [-0.1, -0.05) is 30.3 Å². The molecule has 0 saturated carbocycles. The summed E-state index contributed by atoms with van der Waals surface area (Å²) < 4.78 is 0. The predicted molar refractivity (Wildman–Crippen MR) is 102 cm³/mol. The number of amides is 2. The zero-order valence-corrected chi connectivity index (χ0v) is 15.1. The van der Waals surface area contributed by atoms with Gasteiger partial charge >= 0.3 is 0 Å². The molecule has 0 radical (unpaired) electrons. The summed E-state index contributed by atoms with van der Waals surface area (Å²) in [5, 5.41) is 11.6. The van der Waals surface area contributed by atoms with E-state index in [1.54, 1.807) is 37.4 Å². The molecular weight excluding hydrogens is 326 g/mol. The Morgan fingerprint density at radius 1 is 1.12 bits per heavy atom. The summed E-state index contributed by atoms with van der Waals surface area (Å²) in [4.78, 5) is 25.7. The van der Waals surface area contributed by atoms with Gasteiger partial charge in [0.15, 0.2) is 0 Å². The van der Waals surface area contributed by atoms with Crippen LogP contribution in [-0.2, 0) is 9.59 Å². The number of nitrogens with one attached hydrogen (secondary N) is 1. The van der Waals surface area contributed by atoms with Crippen LogP contribution in [0.4, 0.5) is 5.69 Å². The minimum atomic E-state index is -0.272. The van der Waals surface area contributed by atoms with Crippen LogP contribution in [0.25, 0.3) is 6.08 Å². The number of rotatable bonds is 5. The zero-order valence-electron chi connectivity index (χ0n) is 15.1. The van der Waals surface area contributed by atoms with Gasteiger partial charge in [-0.15, -0.1) is 0 Å². The van der Waals surface area contributed by atoms with Crippen molar-refractivity contribution in [1.29, 1.82) is 5.26 Å². The van der Waals surface area contributed by atoms with Crippen LogP contribution in [0.2, 0.25) is 0 Å². The van der Waals surface area contributed by atoms with Gasteiger partial charge in [0.1, 0.15) is 0 Å². The Hall–Kier alpha value is -3.39. The molecule has 2 amide bonds. The molecule has 0 unspecified atom stereocenters. The Kier molecular flexibility index (Phi) is 6.29. The number of carbonyl (C=O) groups is 2. The highest BCUT2D eigenvalue weighted by atomic mass is 16.2. The van der Waals surface area contributed by atoms with Crippen LogP contribution in [0.15, 0.2) is 48.5 Å². The zero-order chi connectivity index (χ0) is 19.1. The third kappa shape index (κ3) is 5.05. The van der Waals surface area contributed by atoms with Crippen molar-refractivity contribution in [2.75, 3.05) is 18.9 Å². The highest BCUT2D eigenvalue weighted by molar-refractivity contribution is 5.98. The first-order valence-corrected chi connectivity index (χ1v) is 8.20. The molecule has 0 bridgehead atoms. The topological polar surface area (TPSA) is 73.2 Å². The van der Waals surface area contributed by atoms with E-state index in [9.17, 15) is 9.59 Å². The SMILES string of the molecule is Cc1cccc(C)c1NC(=O)CN(C)C(=O)/C=C/c1ccc(C#N)cc1. The first kappa shape index (κ1) is 18.9. The van der Waals surface area contributed by atoms with Crippen molar-refractivity contribution >= 4 is 23.6 Å². The molecule has 2 aromatic rings. The molecule has 0 aliphatic heterocycles. The minimum Gasteiger partial charge on any atom is -0.333 e.